The molecule has 3 rings (SSSR count). The Morgan fingerprint density at radius 2 is 1.94 bits per heavy atom. The minimum Gasteiger partial charge on any atom is -0.456 e. The topological polar surface area (TPSA) is 138 Å². The molecule has 1 aromatic carbocycles. The second-order valence-corrected chi connectivity index (χ2v) is 9.40. The van der Waals surface area contributed by atoms with Crippen molar-refractivity contribution >= 4 is 27.7 Å². The van der Waals surface area contributed by atoms with Gasteiger partial charge in [0.25, 0.3) is 15.9 Å². The molecule has 0 spiro atoms. The molecule has 1 aliphatic heterocycles. The van der Waals surface area contributed by atoms with Gasteiger partial charge in [0.05, 0.1) is 11.0 Å². The number of benzene rings is 1. The van der Waals surface area contributed by atoms with Gasteiger partial charge >= 0.3 is 5.97 Å². The molecule has 31 heavy (non-hydrogen) atoms. The van der Waals surface area contributed by atoms with E-state index in [1.54, 1.807) is 24.3 Å². The lowest BCUT2D eigenvalue weighted by molar-refractivity contribution is -0.149. The number of fused-ring (bicyclic) bond motifs is 1. The standard InChI is InChI=1S/C21H26N4O5S/c22-15-21(11-5-6-12-21)24-18(26)14-30-19(27)10-2-1-7-13-23-20-16-8-3-4-9-17(16)31(28,29)25-20/h3-4,8-9H,1-2,5-7,10-14H2,(H,23,25)(H,24,26). The van der Waals surface area contributed by atoms with Gasteiger partial charge in [0.15, 0.2) is 6.61 Å². The van der Waals surface area contributed by atoms with Gasteiger partial charge < -0.3 is 10.1 Å². The molecule has 1 saturated carbocycles. The van der Waals surface area contributed by atoms with Crippen LogP contribution in [0.15, 0.2) is 34.2 Å². The van der Waals surface area contributed by atoms with E-state index < -0.39 is 27.4 Å². The summed E-state index contributed by atoms with van der Waals surface area (Å²) < 4.78 is 31.5. The number of hydrogen-bond donors (Lipinski definition) is 2. The Bertz CT molecular complexity index is 1010. The summed E-state index contributed by atoms with van der Waals surface area (Å²) in [7, 11) is -3.53. The van der Waals surface area contributed by atoms with Crippen molar-refractivity contribution in [1.29, 1.82) is 5.26 Å². The van der Waals surface area contributed by atoms with Crippen molar-refractivity contribution in [3.05, 3.63) is 29.8 Å². The summed E-state index contributed by atoms with van der Waals surface area (Å²) in [6.07, 6.45) is 5.21. The number of hydrogen-bond acceptors (Lipinski definition) is 7. The van der Waals surface area contributed by atoms with Gasteiger partial charge in [-0.25, -0.2) is 8.42 Å². The summed E-state index contributed by atoms with van der Waals surface area (Å²) in [4.78, 5) is 28.3. The molecule has 2 N–H and O–H groups in total. The summed E-state index contributed by atoms with van der Waals surface area (Å²) in [6.45, 7) is 0.0509. The molecule has 1 amide bonds. The maximum Gasteiger partial charge on any atom is 0.306 e. The van der Waals surface area contributed by atoms with Crippen LogP contribution in [0, 0.1) is 11.3 Å². The number of aliphatic imine (C=N–C) groups is 1. The number of sulfonamides is 1. The van der Waals surface area contributed by atoms with Crippen LogP contribution in [0.2, 0.25) is 0 Å². The molecule has 0 atom stereocenters. The number of rotatable bonds is 9. The van der Waals surface area contributed by atoms with Crippen molar-refractivity contribution in [2.45, 2.75) is 61.8 Å². The van der Waals surface area contributed by atoms with Gasteiger partial charge in [0.1, 0.15) is 11.4 Å². The highest BCUT2D eigenvalue weighted by Gasteiger charge is 2.35. The largest absolute Gasteiger partial charge is 0.456 e. The molecular weight excluding hydrogens is 420 g/mol. The second-order valence-electron chi connectivity index (χ2n) is 7.75. The average Bonchev–Trinajstić information content (AvgIpc) is 3.32. The lowest BCUT2D eigenvalue weighted by atomic mass is 10.00. The fraction of sp³-hybridized carbons (Fsp3) is 0.524. The highest BCUT2D eigenvalue weighted by Crippen LogP contribution is 2.28. The number of carbonyl (C=O) groups is 2. The molecule has 10 heteroatoms. The number of nitrogens with zero attached hydrogens (tertiary/aromatic N) is 2. The van der Waals surface area contributed by atoms with Crippen molar-refractivity contribution in [3.63, 3.8) is 0 Å². The number of esters is 1. The first-order chi connectivity index (χ1) is 14.9. The zero-order valence-electron chi connectivity index (χ0n) is 17.2. The molecular formula is C21H26N4O5S. The summed E-state index contributed by atoms with van der Waals surface area (Å²) in [5, 5.41) is 11.9. The molecule has 1 aliphatic carbocycles. The van der Waals surface area contributed by atoms with E-state index in [1.165, 1.54) is 0 Å². The first kappa shape index (κ1) is 22.7. The van der Waals surface area contributed by atoms with Crippen molar-refractivity contribution < 1.29 is 22.7 Å². The van der Waals surface area contributed by atoms with Crippen LogP contribution in [0.1, 0.15) is 56.9 Å². The fourth-order valence-corrected chi connectivity index (χ4v) is 5.02. The Kier molecular flexibility index (Phi) is 7.28. The maximum absolute atomic E-state index is 12.0. The minimum absolute atomic E-state index is 0.183. The van der Waals surface area contributed by atoms with E-state index in [1.807, 2.05) is 0 Å². The second kappa shape index (κ2) is 9.92. The quantitative estimate of drug-likeness (QED) is 0.438. The molecule has 0 bridgehead atoms. The Morgan fingerprint density at radius 3 is 2.68 bits per heavy atom. The molecule has 0 radical (unpaired) electrons. The van der Waals surface area contributed by atoms with E-state index in [4.69, 9.17) is 4.74 Å². The normalized spacial score (nSPS) is 19.3. The fourth-order valence-electron chi connectivity index (χ4n) is 3.76. The van der Waals surface area contributed by atoms with Crippen LogP contribution in [0.4, 0.5) is 0 Å². The lowest BCUT2D eigenvalue weighted by Crippen LogP contribution is -2.46. The number of nitriles is 1. The van der Waals surface area contributed by atoms with Crippen LogP contribution in [-0.2, 0) is 24.3 Å². The first-order valence-corrected chi connectivity index (χ1v) is 11.9. The summed E-state index contributed by atoms with van der Waals surface area (Å²) >= 11 is 0. The number of carbonyl (C=O) groups excluding carboxylic acids is 2. The monoisotopic (exact) mass is 446 g/mol. The van der Waals surface area contributed by atoms with Gasteiger partial charge in [-0.3, -0.25) is 19.3 Å². The molecule has 1 aromatic rings. The van der Waals surface area contributed by atoms with Crippen molar-refractivity contribution in [2.75, 3.05) is 13.2 Å². The number of nitrogens with one attached hydrogen (secondary N) is 2. The number of amidine groups is 1. The van der Waals surface area contributed by atoms with Gasteiger partial charge in [-0.2, -0.15) is 5.26 Å². The van der Waals surface area contributed by atoms with E-state index in [-0.39, 0.29) is 17.9 Å². The molecule has 2 aliphatic rings. The highest BCUT2D eigenvalue weighted by molar-refractivity contribution is 7.90. The van der Waals surface area contributed by atoms with Crippen LogP contribution in [0.5, 0.6) is 0 Å². The third-order valence-corrected chi connectivity index (χ3v) is 6.78. The summed E-state index contributed by atoms with van der Waals surface area (Å²) in [6, 6.07) is 8.84. The number of unbranched alkanes of at least 4 members (excludes halogenated alkanes) is 2. The van der Waals surface area contributed by atoms with E-state index in [9.17, 15) is 23.3 Å². The van der Waals surface area contributed by atoms with Gasteiger partial charge in [-0.05, 0) is 50.7 Å². The third-order valence-electron chi connectivity index (χ3n) is 5.39. The zero-order valence-corrected chi connectivity index (χ0v) is 18.0. The first-order valence-electron chi connectivity index (χ1n) is 10.4. The SMILES string of the molecule is N#CC1(NC(=O)COC(=O)CCCCCN=C2NS(=O)(=O)c3ccccc32)CCCC1. The highest BCUT2D eigenvalue weighted by atomic mass is 32.2. The molecule has 0 unspecified atom stereocenters. The van der Waals surface area contributed by atoms with Crippen LogP contribution in [0.3, 0.4) is 0 Å². The van der Waals surface area contributed by atoms with E-state index in [0.717, 1.165) is 12.8 Å². The van der Waals surface area contributed by atoms with Crippen LogP contribution >= 0.6 is 0 Å². The smallest absolute Gasteiger partial charge is 0.306 e. The molecule has 166 valence electrons. The molecule has 0 saturated heterocycles. The van der Waals surface area contributed by atoms with Crippen molar-refractivity contribution in [1.82, 2.24) is 10.0 Å². The Labute approximate surface area is 181 Å². The zero-order chi connectivity index (χ0) is 22.3. The van der Waals surface area contributed by atoms with Gasteiger partial charge in [-0.1, -0.05) is 18.6 Å². The molecule has 1 fully saturated rings. The van der Waals surface area contributed by atoms with E-state index >= 15 is 0 Å². The predicted molar refractivity (Wildman–Crippen MR) is 113 cm³/mol. The Hall–Kier alpha value is -2.93. The average molecular weight is 447 g/mol. The molecule has 1 heterocycles. The predicted octanol–water partition coefficient (Wildman–Crippen LogP) is 1.78. The molecule has 9 nitrogen and oxygen atoms in total. The number of amides is 1. The summed E-state index contributed by atoms with van der Waals surface area (Å²) in [5.74, 6) is -0.568. The minimum atomic E-state index is -3.53. The summed E-state index contributed by atoms with van der Waals surface area (Å²) in [5.41, 5.74) is -0.251. The van der Waals surface area contributed by atoms with Crippen molar-refractivity contribution in [3.8, 4) is 6.07 Å². The van der Waals surface area contributed by atoms with E-state index in [0.29, 0.717) is 50.0 Å². The number of ether oxygens (including phenoxy) is 1. The van der Waals surface area contributed by atoms with Crippen LogP contribution < -0.4 is 10.0 Å². The molecule has 0 aromatic heterocycles. The van der Waals surface area contributed by atoms with E-state index in [2.05, 4.69) is 21.1 Å². The third kappa shape index (κ3) is 5.82. The Morgan fingerprint density at radius 1 is 1.19 bits per heavy atom. The van der Waals surface area contributed by atoms with Gasteiger partial charge in [0, 0.05) is 18.5 Å². The maximum atomic E-state index is 12.0. The lowest BCUT2D eigenvalue weighted by Gasteiger charge is -2.21. The van der Waals surface area contributed by atoms with Gasteiger partial charge in [0.2, 0.25) is 0 Å². The Balaban J connectivity index is 1.32. The van der Waals surface area contributed by atoms with Crippen LogP contribution in [0.25, 0.3) is 0 Å². The van der Waals surface area contributed by atoms with Crippen molar-refractivity contribution in [2.24, 2.45) is 4.99 Å². The van der Waals surface area contributed by atoms with Crippen LogP contribution in [-0.4, -0.2) is 44.8 Å². The van der Waals surface area contributed by atoms with Gasteiger partial charge in [-0.15, -0.1) is 0 Å².